The lowest BCUT2D eigenvalue weighted by Crippen LogP contribution is -2.40. The maximum Gasteiger partial charge on any atom is 0.223 e. The fourth-order valence-corrected chi connectivity index (χ4v) is 3.70. The first-order chi connectivity index (χ1) is 13.5. The summed E-state index contributed by atoms with van der Waals surface area (Å²) < 4.78 is 0. The monoisotopic (exact) mass is 379 g/mol. The minimum absolute atomic E-state index is 0.0630. The molecule has 1 saturated heterocycles. The first kappa shape index (κ1) is 20.1. The number of carbonyl (C=O) groups is 2. The predicted molar refractivity (Wildman–Crippen MR) is 112 cm³/mol. The highest BCUT2D eigenvalue weighted by atomic mass is 16.2. The molecule has 2 aromatic carbocycles. The van der Waals surface area contributed by atoms with Crippen molar-refractivity contribution >= 4 is 17.5 Å². The minimum Gasteiger partial charge on any atom is -0.349 e. The molecule has 3 rings (SSSR count). The van der Waals surface area contributed by atoms with E-state index >= 15 is 0 Å². The van der Waals surface area contributed by atoms with Crippen molar-refractivity contribution in [2.75, 3.05) is 18.4 Å². The number of anilines is 1. The first-order valence-corrected chi connectivity index (χ1v) is 9.95. The molecule has 2 amide bonds. The molecule has 1 heterocycles. The van der Waals surface area contributed by atoms with Crippen LogP contribution >= 0.6 is 0 Å². The second-order valence-corrected chi connectivity index (χ2v) is 7.57. The second kappa shape index (κ2) is 9.51. The van der Waals surface area contributed by atoms with Crippen LogP contribution in [0.5, 0.6) is 0 Å². The highest BCUT2D eigenvalue weighted by Crippen LogP contribution is 2.22. The van der Waals surface area contributed by atoms with Gasteiger partial charge >= 0.3 is 0 Å². The van der Waals surface area contributed by atoms with Crippen molar-refractivity contribution in [2.24, 2.45) is 5.92 Å². The molecule has 148 valence electrons. The second-order valence-electron chi connectivity index (χ2n) is 7.57. The van der Waals surface area contributed by atoms with Crippen molar-refractivity contribution in [3.63, 3.8) is 0 Å². The molecule has 5 nitrogen and oxygen atoms in total. The third-order valence-corrected chi connectivity index (χ3v) is 5.27. The van der Waals surface area contributed by atoms with Crippen molar-refractivity contribution in [1.82, 2.24) is 10.2 Å². The Bertz CT molecular complexity index is 799. The van der Waals surface area contributed by atoms with Crippen molar-refractivity contribution in [2.45, 2.75) is 39.3 Å². The summed E-state index contributed by atoms with van der Waals surface area (Å²) in [5.74, 6) is 0.0842. The Kier molecular flexibility index (Phi) is 6.82. The summed E-state index contributed by atoms with van der Waals surface area (Å²) in [6.07, 6.45) is 1.77. The van der Waals surface area contributed by atoms with E-state index in [0.29, 0.717) is 0 Å². The Hall–Kier alpha value is -2.66. The average Bonchev–Trinajstić information content (AvgIpc) is 2.69. The van der Waals surface area contributed by atoms with Crippen molar-refractivity contribution < 1.29 is 9.59 Å². The first-order valence-electron chi connectivity index (χ1n) is 9.95. The van der Waals surface area contributed by atoms with Gasteiger partial charge in [-0.25, -0.2) is 0 Å². The lowest BCUT2D eigenvalue weighted by Gasteiger charge is -2.32. The summed E-state index contributed by atoms with van der Waals surface area (Å²) in [5, 5.41) is 5.93. The van der Waals surface area contributed by atoms with Gasteiger partial charge in [-0.3, -0.25) is 14.5 Å². The van der Waals surface area contributed by atoms with Gasteiger partial charge in [-0.2, -0.15) is 0 Å². The quantitative estimate of drug-likeness (QED) is 0.804. The Morgan fingerprint density at radius 2 is 1.79 bits per heavy atom. The maximum atomic E-state index is 12.7. The summed E-state index contributed by atoms with van der Waals surface area (Å²) in [5.41, 5.74) is 3.06. The molecule has 1 atom stereocenters. The molecule has 1 fully saturated rings. The summed E-state index contributed by atoms with van der Waals surface area (Å²) in [6.45, 7) is 6.30. The molecule has 5 heteroatoms. The molecule has 0 aromatic heterocycles. The number of rotatable bonds is 6. The number of likely N-dealkylation sites (tertiary alicyclic amines) is 1. The van der Waals surface area contributed by atoms with Crippen LogP contribution in [0.3, 0.4) is 0 Å². The summed E-state index contributed by atoms with van der Waals surface area (Å²) >= 11 is 0. The summed E-state index contributed by atoms with van der Waals surface area (Å²) in [6, 6.07) is 18.0. The molecule has 0 spiro atoms. The molecule has 0 saturated carbocycles. The molecule has 28 heavy (non-hydrogen) atoms. The molecule has 1 aliphatic heterocycles. The molecule has 1 aliphatic rings. The number of nitrogens with one attached hydrogen (secondary N) is 2. The smallest absolute Gasteiger partial charge is 0.223 e. The molecule has 0 aliphatic carbocycles. The molecular weight excluding hydrogens is 350 g/mol. The fraction of sp³-hybridized carbons (Fsp3) is 0.391. The molecular formula is C23H29N3O2. The van der Waals surface area contributed by atoms with E-state index in [2.05, 4.69) is 39.8 Å². The van der Waals surface area contributed by atoms with E-state index in [9.17, 15) is 9.59 Å². The number of piperidine rings is 1. The van der Waals surface area contributed by atoms with Gasteiger partial charge in [0, 0.05) is 25.1 Å². The van der Waals surface area contributed by atoms with Crippen LogP contribution < -0.4 is 10.6 Å². The molecule has 2 N–H and O–H groups in total. The van der Waals surface area contributed by atoms with Gasteiger partial charge in [-0.15, -0.1) is 0 Å². The highest BCUT2D eigenvalue weighted by molar-refractivity contribution is 5.88. The van der Waals surface area contributed by atoms with Crippen LogP contribution in [0, 0.1) is 5.92 Å². The zero-order valence-electron chi connectivity index (χ0n) is 16.7. The molecule has 0 bridgehead atoms. The Balaban J connectivity index is 1.49. The lowest BCUT2D eigenvalue weighted by molar-refractivity contribution is -0.127. The van der Waals surface area contributed by atoms with Crippen LogP contribution in [-0.4, -0.2) is 29.8 Å². The van der Waals surface area contributed by atoms with Gasteiger partial charge in [0.15, 0.2) is 0 Å². The number of nitrogens with zero attached hydrogens (tertiary/aromatic N) is 1. The van der Waals surface area contributed by atoms with E-state index in [0.717, 1.165) is 43.7 Å². The topological polar surface area (TPSA) is 61.4 Å². The van der Waals surface area contributed by atoms with E-state index in [1.54, 1.807) is 0 Å². The number of hydrogen-bond acceptors (Lipinski definition) is 3. The number of amides is 2. The molecule has 0 radical (unpaired) electrons. The van der Waals surface area contributed by atoms with E-state index in [4.69, 9.17) is 0 Å². The standard InChI is InChI=1S/C23H29N3O2/c1-17(21-9-6-10-22(15-21)25-18(2)27)24-23(28)20-11-13-26(14-12-20)16-19-7-4-3-5-8-19/h3-10,15,17,20H,11-14,16H2,1-2H3,(H,24,28)(H,25,27)/t17-/m1/s1. The van der Waals surface area contributed by atoms with E-state index < -0.39 is 0 Å². The summed E-state index contributed by atoms with van der Waals surface area (Å²) in [7, 11) is 0. The molecule has 2 aromatic rings. The normalized spacial score (nSPS) is 16.4. The van der Waals surface area contributed by atoms with Crippen LogP contribution in [0.1, 0.15) is 43.9 Å². The SMILES string of the molecule is CC(=O)Nc1cccc([C@@H](C)NC(=O)C2CCN(Cc3ccccc3)CC2)c1. The van der Waals surface area contributed by atoms with Gasteiger partial charge in [-0.05, 0) is 56.1 Å². The highest BCUT2D eigenvalue weighted by Gasteiger charge is 2.26. The van der Waals surface area contributed by atoms with Gasteiger partial charge in [0.05, 0.1) is 6.04 Å². The molecule has 0 unspecified atom stereocenters. The zero-order chi connectivity index (χ0) is 19.9. The van der Waals surface area contributed by atoms with Crippen molar-refractivity contribution in [3.8, 4) is 0 Å². The lowest BCUT2D eigenvalue weighted by atomic mass is 9.94. The van der Waals surface area contributed by atoms with Crippen LogP contribution in [0.15, 0.2) is 54.6 Å². The summed E-state index contributed by atoms with van der Waals surface area (Å²) in [4.78, 5) is 26.4. The Morgan fingerprint density at radius 1 is 1.07 bits per heavy atom. The van der Waals surface area contributed by atoms with Crippen LogP contribution in [0.25, 0.3) is 0 Å². The van der Waals surface area contributed by atoms with Gasteiger partial charge in [0.2, 0.25) is 11.8 Å². The number of carbonyl (C=O) groups excluding carboxylic acids is 2. The van der Waals surface area contributed by atoms with Gasteiger partial charge in [-0.1, -0.05) is 42.5 Å². The maximum absolute atomic E-state index is 12.7. The zero-order valence-corrected chi connectivity index (χ0v) is 16.7. The predicted octanol–water partition coefficient (Wildman–Crippen LogP) is 3.73. The van der Waals surface area contributed by atoms with Crippen molar-refractivity contribution in [3.05, 3.63) is 65.7 Å². The fourth-order valence-electron chi connectivity index (χ4n) is 3.70. The van der Waals surface area contributed by atoms with Gasteiger partial charge in [0.1, 0.15) is 0 Å². The van der Waals surface area contributed by atoms with Crippen molar-refractivity contribution in [1.29, 1.82) is 0 Å². The number of hydrogen-bond donors (Lipinski definition) is 2. The van der Waals surface area contributed by atoms with Gasteiger partial charge < -0.3 is 10.6 Å². The largest absolute Gasteiger partial charge is 0.349 e. The van der Waals surface area contributed by atoms with E-state index in [1.165, 1.54) is 12.5 Å². The van der Waals surface area contributed by atoms with Crippen LogP contribution in [-0.2, 0) is 16.1 Å². The van der Waals surface area contributed by atoms with Crippen LogP contribution in [0.2, 0.25) is 0 Å². The Labute approximate surface area is 167 Å². The van der Waals surface area contributed by atoms with E-state index in [1.807, 2.05) is 37.3 Å². The van der Waals surface area contributed by atoms with E-state index in [-0.39, 0.29) is 23.8 Å². The third kappa shape index (κ3) is 5.67. The third-order valence-electron chi connectivity index (χ3n) is 5.27. The van der Waals surface area contributed by atoms with Crippen LogP contribution in [0.4, 0.5) is 5.69 Å². The number of benzene rings is 2. The average molecular weight is 380 g/mol. The van der Waals surface area contributed by atoms with Gasteiger partial charge in [0.25, 0.3) is 0 Å². The Morgan fingerprint density at radius 3 is 2.46 bits per heavy atom. The minimum atomic E-state index is -0.101.